The molecule has 8 aromatic rings. The highest BCUT2D eigenvalue weighted by molar-refractivity contribution is 6.21. The van der Waals surface area contributed by atoms with Gasteiger partial charge >= 0.3 is 0 Å². The third kappa shape index (κ3) is 4.05. The minimum absolute atomic E-state index is 0.755. The lowest BCUT2D eigenvalue weighted by Crippen LogP contribution is -1.94. The van der Waals surface area contributed by atoms with Gasteiger partial charge in [-0.2, -0.15) is 0 Å². The van der Waals surface area contributed by atoms with Crippen molar-refractivity contribution < 1.29 is 8.83 Å². The van der Waals surface area contributed by atoms with Gasteiger partial charge in [-0.3, -0.25) is 9.97 Å². The van der Waals surface area contributed by atoms with Crippen molar-refractivity contribution in [2.75, 3.05) is 0 Å². The average Bonchev–Trinajstić information content (AvgIpc) is 3.80. The van der Waals surface area contributed by atoms with Crippen LogP contribution < -0.4 is 0 Å². The van der Waals surface area contributed by atoms with Crippen LogP contribution in [-0.2, 0) is 0 Å². The van der Waals surface area contributed by atoms with E-state index in [9.17, 15) is 0 Å². The fourth-order valence-electron chi connectivity index (χ4n) is 5.64. The molecule has 0 N–H and O–H groups in total. The summed E-state index contributed by atoms with van der Waals surface area (Å²) < 4.78 is 10.4. The second kappa shape index (κ2) is 9.94. The zero-order chi connectivity index (χ0) is 27.9. The molecule has 8 rings (SSSR count). The highest BCUT2D eigenvalue weighted by Gasteiger charge is 2.19. The highest BCUT2D eigenvalue weighted by atomic mass is 16.3. The predicted molar refractivity (Wildman–Crippen MR) is 164 cm³/mol. The maximum absolute atomic E-state index is 5.18. The summed E-state index contributed by atoms with van der Waals surface area (Å²) >= 11 is 0. The molecule has 42 heavy (non-hydrogen) atoms. The molecule has 0 atom stereocenters. The van der Waals surface area contributed by atoms with Crippen LogP contribution in [0.25, 0.3) is 77.7 Å². The van der Waals surface area contributed by atoms with Gasteiger partial charge in [0.1, 0.15) is 23.9 Å². The van der Waals surface area contributed by atoms with Crippen molar-refractivity contribution in [2.45, 2.75) is 0 Å². The van der Waals surface area contributed by atoms with Crippen LogP contribution in [0.2, 0.25) is 0 Å². The number of hydrogen-bond donors (Lipinski definition) is 0. The number of oxazole rings is 2. The molecule has 0 aliphatic carbocycles. The monoisotopic (exact) mass is 542 g/mol. The fourth-order valence-corrected chi connectivity index (χ4v) is 5.64. The number of aromatic nitrogens is 4. The van der Waals surface area contributed by atoms with E-state index in [0.717, 1.165) is 77.7 Å². The zero-order valence-electron chi connectivity index (χ0n) is 22.3. The maximum Gasteiger partial charge on any atom is 0.181 e. The molecule has 4 aromatic heterocycles. The van der Waals surface area contributed by atoms with Crippen molar-refractivity contribution in [3.05, 3.63) is 135 Å². The van der Waals surface area contributed by atoms with E-state index < -0.39 is 0 Å². The van der Waals surface area contributed by atoms with Gasteiger partial charge in [0.05, 0.1) is 11.4 Å². The molecule has 198 valence electrons. The van der Waals surface area contributed by atoms with Gasteiger partial charge in [0.15, 0.2) is 12.8 Å². The van der Waals surface area contributed by atoms with Crippen molar-refractivity contribution in [3.8, 4) is 56.2 Å². The van der Waals surface area contributed by atoms with Gasteiger partial charge in [-0.1, -0.05) is 66.7 Å². The van der Waals surface area contributed by atoms with Crippen molar-refractivity contribution >= 4 is 21.5 Å². The molecule has 4 heterocycles. The second-order valence-electron chi connectivity index (χ2n) is 10.0. The van der Waals surface area contributed by atoms with E-state index in [1.54, 1.807) is 12.5 Å². The summed E-state index contributed by atoms with van der Waals surface area (Å²) in [6.45, 7) is 0. The third-order valence-corrected chi connectivity index (χ3v) is 7.63. The average molecular weight is 543 g/mol. The molecule has 4 aromatic carbocycles. The molecule has 0 aliphatic rings. The zero-order valence-corrected chi connectivity index (χ0v) is 22.3. The summed E-state index contributed by atoms with van der Waals surface area (Å²) in [6.07, 6.45) is 9.82. The highest BCUT2D eigenvalue weighted by Crippen LogP contribution is 2.44. The molecule has 6 nitrogen and oxygen atoms in total. The Balaban J connectivity index is 1.40. The molecule has 0 bridgehead atoms. The van der Waals surface area contributed by atoms with E-state index in [2.05, 4.69) is 88.8 Å². The van der Waals surface area contributed by atoms with Crippen LogP contribution in [-0.4, -0.2) is 19.9 Å². The van der Waals surface area contributed by atoms with E-state index in [0.29, 0.717) is 0 Å². The first kappa shape index (κ1) is 24.0. The van der Waals surface area contributed by atoms with E-state index in [1.807, 2.05) is 30.6 Å². The van der Waals surface area contributed by atoms with Crippen LogP contribution in [0.4, 0.5) is 0 Å². The number of fused-ring (bicyclic) bond motifs is 2. The molecule has 0 aliphatic heterocycles. The number of pyridine rings is 2. The van der Waals surface area contributed by atoms with Gasteiger partial charge in [0, 0.05) is 34.6 Å². The molecule has 0 radical (unpaired) electrons. The van der Waals surface area contributed by atoms with Gasteiger partial charge in [0.2, 0.25) is 0 Å². The Bertz CT molecular complexity index is 2150. The standard InChI is InChI=1S/C36H22N4O2/c1-2-6-23(7-3-1)24-10-13-29-30(16-24)36(32-15-12-26(18-38-32)34-20-42-22-40-34)28-9-5-4-8-27(28)35(29)31-14-11-25(17-37-31)33-19-41-21-39-33/h1-22H. The van der Waals surface area contributed by atoms with Crippen LogP contribution in [0.5, 0.6) is 0 Å². The summed E-state index contributed by atoms with van der Waals surface area (Å²) in [4.78, 5) is 18.4. The Hall–Kier alpha value is -5.88. The first-order valence-electron chi connectivity index (χ1n) is 13.6. The molecule has 6 heteroatoms. The van der Waals surface area contributed by atoms with Gasteiger partial charge < -0.3 is 8.83 Å². The van der Waals surface area contributed by atoms with Crippen LogP contribution in [0.15, 0.2) is 144 Å². The van der Waals surface area contributed by atoms with Crippen molar-refractivity contribution in [2.24, 2.45) is 0 Å². The smallest absolute Gasteiger partial charge is 0.181 e. The minimum atomic E-state index is 0.755. The van der Waals surface area contributed by atoms with Crippen LogP contribution in [0.3, 0.4) is 0 Å². The summed E-state index contributed by atoms with van der Waals surface area (Å²) in [5, 5.41) is 4.42. The molecule has 0 amide bonds. The number of rotatable bonds is 5. The Kier molecular flexibility index (Phi) is 5.67. The second-order valence-corrected chi connectivity index (χ2v) is 10.0. The molecule has 0 saturated carbocycles. The van der Waals surface area contributed by atoms with Gasteiger partial charge in [-0.15, -0.1) is 0 Å². The van der Waals surface area contributed by atoms with Gasteiger partial charge in [-0.25, -0.2) is 9.97 Å². The normalized spacial score (nSPS) is 11.3. The van der Waals surface area contributed by atoms with E-state index in [-0.39, 0.29) is 0 Å². The Morgan fingerprint density at radius 1 is 0.381 bits per heavy atom. The van der Waals surface area contributed by atoms with Crippen LogP contribution in [0, 0.1) is 0 Å². The van der Waals surface area contributed by atoms with Crippen LogP contribution >= 0.6 is 0 Å². The van der Waals surface area contributed by atoms with Crippen molar-refractivity contribution in [3.63, 3.8) is 0 Å². The van der Waals surface area contributed by atoms with E-state index in [4.69, 9.17) is 18.8 Å². The number of hydrogen-bond acceptors (Lipinski definition) is 6. The predicted octanol–water partition coefficient (Wildman–Crippen LogP) is 9.09. The van der Waals surface area contributed by atoms with Gasteiger partial charge in [-0.05, 0) is 63.0 Å². The van der Waals surface area contributed by atoms with Crippen LogP contribution in [0.1, 0.15) is 0 Å². The lowest BCUT2D eigenvalue weighted by Gasteiger charge is -2.18. The van der Waals surface area contributed by atoms with Crippen molar-refractivity contribution in [1.82, 2.24) is 19.9 Å². The molecular formula is C36H22N4O2. The Labute approximate surface area is 241 Å². The van der Waals surface area contributed by atoms with Gasteiger partial charge in [0.25, 0.3) is 0 Å². The maximum atomic E-state index is 5.18. The van der Waals surface area contributed by atoms with E-state index in [1.165, 1.54) is 12.8 Å². The minimum Gasteiger partial charge on any atom is -0.451 e. The Morgan fingerprint density at radius 3 is 1.43 bits per heavy atom. The molecule has 0 spiro atoms. The Morgan fingerprint density at radius 2 is 0.905 bits per heavy atom. The largest absolute Gasteiger partial charge is 0.451 e. The summed E-state index contributed by atoms with van der Waals surface area (Å²) in [7, 11) is 0. The van der Waals surface area contributed by atoms with Crippen molar-refractivity contribution in [1.29, 1.82) is 0 Å². The SMILES string of the molecule is c1ccc(-c2ccc3c(-c4ccc(-c5cocn5)cn4)c4ccccc4c(-c4ccc(-c5cocn5)cn4)c3c2)cc1. The third-order valence-electron chi connectivity index (χ3n) is 7.63. The fraction of sp³-hybridized carbons (Fsp3) is 0. The molecular weight excluding hydrogens is 520 g/mol. The lowest BCUT2D eigenvalue weighted by molar-refractivity contribution is 0.558. The summed E-state index contributed by atoms with van der Waals surface area (Å²) in [5.74, 6) is 0. The number of nitrogens with zero attached hydrogens (tertiary/aromatic N) is 4. The first-order valence-corrected chi connectivity index (χ1v) is 13.6. The summed E-state index contributed by atoms with van der Waals surface area (Å²) in [5.41, 5.74) is 9.54. The molecule has 0 saturated heterocycles. The summed E-state index contributed by atoms with van der Waals surface area (Å²) in [6, 6.07) is 33.8. The number of benzene rings is 4. The molecule has 0 fully saturated rings. The topological polar surface area (TPSA) is 77.8 Å². The first-order chi connectivity index (χ1) is 20.8. The lowest BCUT2D eigenvalue weighted by atomic mass is 9.87. The quantitative estimate of drug-likeness (QED) is 0.202. The molecule has 0 unspecified atom stereocenters. The van der Waals surface area contributed by atoms with E-state index >= 15 is 0 Å².